The quantitative estimate of drug-likeness (QED) is 0.689. The normalized spacial score (nSPS) is 12.7. The minimum Gasteiger partial charge on any atom is -0.396 e. The molecule has 0 aliphatic heterocycles. The molecule has 3 N–H and O–H groups in total. The van der Waals surface area contributed by atoms with Crippen molar-refractivity contribution in [1.82, 2.24) is 10.6 Å². The maximum Gasteiger partial charge on any atom is 0.315 e. The summed E-state index contributed by atoms with van der Waals surface area (Å²) < 4.78 is 22.3. The Labute approximate surface area is 125 Å². The highest BCUT2D eigenvalue weighted by atomic mass is 32.2. The maximum absolute atomic E-state index is 11.5. The third kappa shape index (κ3) is 7.67. The molecule has 0 saturated carbocycles. The molecule has 0 fully saturated rings. The first-order valence-electron chi connectivity index (χ1n) is 6.68. The van der Waals surface area contributed by atoms with Crippen molar-refractivity contribution in [3.8, 4) is 0 Å². The molecule has 0 aromatic heterocycles. The topological polar surface area (TPSA) is 95.5 Å². The van der Waals surface area contributed by atoms with Gasteiger partial charge in [-0.25, -0.2) is 13.2 Å². The smallest absolute Gasteiger partial charge is 0.315 e. The zero-order valence-electron chi connectivity index (χ0n) is 12.3. The summed E-state index contributed by atoms with van der Waals surface area (Å²) in [6, 6.07) is 6.76. The second-order valence-electron chi connectivity index (χ2n) is 5.24. The van der Waals surface area contributed by atoms with Crippen LogP contribution in [-0.4, -0.2) is 39.0 Å². The van der Waals surface area contributed by atoms with Gasteiger partial charge in [-0.1, -0.05) is 31.2 Å². The van der Waals surface area contributed by atoms with E-state index in [9.17, 15) is 13.2 Å². The van der Waals surface area contributed by atoms with E-state index in [1.165, 1.54) is 6.26 Å². The molecule has 1 unspecified atom stereocenters. The highest BCUT2D eigenvalue weighted by molar-refractivity contribution is 7.89. The summed E-state index contributed by atoms with van der Waals surface area (Å²) in [6.45, 7) is 2.64. The van der Waals surface area contributed by atoms with Gasteiger partial charge in [0.2, 0.25) is 0 Å². The van der Waals surface area contributed by atoms with E-state index >= 15 is 0 Å². The van der Waals surface area contributed by atoms with Gasteiger partial charge in [0.25, 0.3) is 0 Å². The fraction of sp³-hybridized carbons (Fsp3) is 0.500. The molecule has 1 atom stereocenters. The van der Waals surface area contributed by atoms with Gasteiger partial charge in [0, 0.05) is 26.0 Å². The standard InChI is InChI=1S/C14H22N2O4S/c1-11(9-17)7-15-14(18)16-8-12-3-5-13(6-4-12)10-21(2,19)20/h3-6,11,17H,7-10H2,1-2H3,(H2,15,16,18). The average Bonchev–Trinajstić information content (AvgIpc) is 2.42. The highest BCUT2D eigenvalue weighted by Crippen LogP contribution is 2.07. The van der Waals surface area contributed by atoms with Crippen LogP contribution in [0.3, 0.4) is 0 Å². The first-order valence-corrected chi connectivity index (χ1v) is 8.74. The molecule has 0 heterocycles. The average molecular weight is 314 g/mol. The minimum atomic E-state index is -3.03. The van der Waals surface area contributed by atoms with Crippen molar-refractivity contribution in [1.29, 1.82) is 0 Å². The lowest BCUT2D eigenvalue weighted by atomic mass is 10.1. The van der Waals surface area contributed by atoms with Gasteiger partial charge in [-0.15, -0.1) is 0 Å². The van der Waals surface area contributed by atoms with E-state index in [1.807, 2.05) is 6.92 Å². The van der Waals surface area contributed by atoms with E-state index in [0.29, 0.717) is 13.1 Å². The first kappa shape index (κ1) is 17.5. The van der Waals surface area contributed by atoms with Crippen LogP contribution in [0.25, 0.3) is 0 Å². The fourth-order valence-electron chi connectivity index (χ4n) is 1.63. The number of carbonyl (C=O) groups excluding carboxylic acids is 1. The van der Waals surface area contributed by atoms with Gasteiger partial charge in [-0.2, -0.15) is 0 Å². The number of benzene rings is 1. The molecular formula is C14H22N2O4S. The van der Waals surface area contributed by atoms with E-state index < -0.39 is 9.84 Å². The van der Waals surface area contributed by atoms with Gasteiger partial charge in [-0.3, -0.25) is 0 Å². The Morgan fingerprint density at radius 1 is 1.19 bits per heavy atom. The minimum absolute atomic E-state index is 0.0141. The summed E-state index contributed by atoms with van der Waals surface area (Å²) in [7, 11) is -3.03. The summed E-state index contributed by atoms with van der Waals surface area (Å²) in [5.41, 5.74) is 1.61. The summed E-state index contributed by atoms with van der Waals surface area (Å²) in [6.07, 6.45) is 1.19. The molecule has 1 rings (SSSR count). The molecular weight excluding hydrogens is 292 g/mol. The Bertz CT molecular complexity index is 555. The molecule has 0 radical (unpaired) electrons. The van der Waals surface area contributed by atoms with Gasteiger partial charge >= 0.3 is 6.03 Å². The number of hydrogen-bond acceptors (Lipinski definition) is 4. The third-order valence-electron chi connectivity index (χ3n) is 2.83. The predicted molar refractivity (Wildman–Crippen MR) is 81.5 cm³/mol. The third-order valence-corrected chi connectivity index (χ3v) is 3.69. The Hall–Kier alpha value is -1.60. The van der Waals surface area contributed by atoms with Gasteiger partial charge in [0.05, 0.1) is 5.75 Å². The van der Waals surface area contributed by atoms with Crippen LogP contribution in [0.4, 0.5) is 4.79 Å². The second-order valence-corrected chi connectivity index (χ2v) is 7.38. The van der Waals surface area contributed by atoms with E-state index in [4.69, 9.17) is 5.11 Å². The van der Waals surface area contributed by atoms with Crippen molar-refractivity contribution >= 4 is 15.9 Å². The van der Waals surface area contributed by atoms with Crippen molar-refractivity contribution in [3.63, 3.8) is 0 Å². The Morgan fingerprint density at radius 2 is 1.76 bits per heavy atom. The van der Waals surface area contributed by atoms with Crippen molar-refractivity contribution in [2.45, 2.75) is 19.2 Å². The van der Waals surface area contributed by atoms with Crippen LogP contribution in [0.2, 0.25) is 0 Å². The van der Waals surface area contributed by atoms with Crippen molar-refractivity contribution in [2.75, 3.05) is 19.4 Å². The van der Waals surface area contributed by atoms with Crippen LogP contribution in [0.5, 0.6) is 0 Å². The van der Waals surface area contributed by atoms with E-state index in [0.717, 1.165) is 11.1 Å². The number of aliphatic hydroxyl groups excluding tert-OH is 1. The number of rotatable bonds is 7. The summed E-state index contributed by atoms with van der Waals surface area (Å²) in [5, 5.41) is 14.2. The van der Waals surface area contributed by atoms with Crippen LogP contribution in [0.1, 0.15) is 18.1 Å². The molecule has 1 aromatic carbocycles. The molecule has 0 spiro atoms. The van der Waals surface area contributed by atoms with Crippen LogP contribution in [0.15, 0.2) is 24.3 Å². The summed E-state index contributed by atoms with van der Waals surface area (Å²) in [5.74, 6) is 0.0336. The number of hydrogen-bond donors (Lipinski definition) is 3. The van der Waals surface area contributed by atoms with Crippen LogP contribution >= 0.6 is 0 Å². The lowest BCUT2D eigenvalue weighted by Crippen LogP contribution is -2.38. The van der Waals surface area contributed by atoms with Crippen LogP contribution in [0, 0.1) is 5.92 Å². The maximum atomic E-state index is 11.5. The fourth-order valence-corrected chi connectivity index (χ4v) is 2.43. The van der Waals surface area contributed by atoms with Crippen LogP contribution in [-0.2, 0) is 22.1 Å². The number of carbonyl (C=O) groups is 1. The molecule has 6 nitrogen and oxygen atoms in total. The number of amides is 2. The van der Waals surface area contributed by atoms with E-state index in [2.05, 4.69) is 10.6 Å². The number of nitrogens with one attached hydrogen (secondary N) is 2. The van der Waals surface area contributed by atoms with Crippen molar-refractivity contribution in [2.24, 2.45) is 5.92 Å². The van der Waals surface area contributed by atoms with E-state index in [-0.39, 0.29) is 24.3 Å². The molecule has 2 amide bonds. The zero-order chi connectivity index (χ0) is 15.9. The Balaban J connectivity index is 2.40. The van der Waals surface area contributed by atoms with Gasteiger partial charge in [0.15, 0.2) is 9.84 Å². The van der Waals surface area contributed by atoms with Crippen molar-refractivity contribution < 1.29 is 18.3 Å². The summed E-state index contributed by atoms with van der Waals surface area (Å²) >= 11 is 0. The van der Waals surface area contributed by atoms with E-state index in [1.54, 1.807) is 24.3 Å². The molecule has 1 aromatic rings. The molecule has 0 saturated heterocycles. The molecule has 7 heteroatoms. The Morgan fingerprint density at radius 3 is 2.29 bits per heavy atom. The van der Waals surface area contributed by atoms with Gasteiger partial charge < -0.3 is 15.7 Å². The largest absolute Gasteiger partial charge is 0.396 e. The Kier molecular flexibility index (Phi) is 6.64. The monoisotopic (exact) mass is 314 g/mol. The SMILES string of the molecule is CC(CO)CNC(=O)NCc1ccc(CS(C)(=O)=O)cc1. The lowest BCUT2D eigenvalue weighted by Gasteiger charge is -2.11. The second kappa shape index (κ2) is 7.99. The molecule has 21 heavy (non-hydrogen) atoms. The van der Waals surface area contributed by atoms with Gasteiger partial charge in [0.1, 0.15) is 0 Å². The molecule has 0 aliphatic carbocycles. The lowest BCUT2D eigenvalue weighted by molar-refractivity contribution is 0.222. The predicted octanol–water partition coefficient (Wildman–Crippen LogP) is 0.659. The molecule has 0 aliphatic rings. The number of urea groups is 1. The summed E-state index contributed by atoms with van der Waals surface area (Å²) in [4.78, 5) is 11.5. The first-order chi connectivity index (χ1) is 9.80. The van der Waals surface area contributed by atoms with Crippen molar-refractivity contribution in [3.05, 3.63) is 35.4 Å². The van der Waals surface area contributed by atoms with Gasteiger partial charge in [-0.05, 0) is 17.0 Å². The zero-order valence-corrected chi connectivity index (χ0v) is 13.1. The molecule has 118 valence electrons. The number of aliphatic hydroxyl groups is 1. The highest BCUT2D eigenvalue weighted by Gasteiger charge is 2.06. The molecule has 0 bridgehead atoms. The number of sulfone groups is 1. The van der Waals surface area contributed by atoms with Crippen LogP contribution < -0.4 is 10.6 Å².